The van der Waals surface area contributed by atoms with Crippen molar-refractivity contribution in [1.29, 1.82) is 0 Å². The molecule has 0 bridgehead atoms. The van der Waals surface area contributed by atoms with Crippen molar-refractivity contribution in [3.8, 4) is 0 Å². The number of aliphatic imine (C=N–C) groups is 1. The molecular formula is C36H54N7O7P. The molecule has 1 unspecified atom stereocenters. The van der Waals surface area contributed by atoms with E-state index in [1.54, 1.807) is 4.90 Å². The lowest BCUT2D eigenvalue weighted by molar-refractivity contribution is -0.152. The number of rotatable bonds is 16. The van der Waals surface area contributed by atoms with E-state index in [0.717, 1.165) is 11.1 Å². The van der Waals surface area contributed by atoms with E-state index in [1.165, 1.54) is 4.90 Å². The van der Waals surface area contributed by atoms with E-state index in [1.807, 2.05) is 74.5 Å². The van der Waals surface area contributed by atoms with Gasteiger partial charge in [0.05, 0.1) is 6.04 Å². The summed E-state index contributed by atoms with van der Waals surface area (Å²) in [5, 5.41) is 21.3. The molecule has 0 aromatic heterocycles. The number of nitrogens with one attached hydrogen (secondary N) is 1. The van der Waals surface area contributed by atoms with Crippen molar-refractivity contribution in [2.45, 2.75) is 95.3 Å². The van der Waals surface area contributed by atoms with Gasteiger partial charge in [0.1, 0.15) is 18.1 Å². The van der Waals surface area contributed by atoms with E-state index in [9.17, 15) is 28.8 Å². The fourth-order valence-electron chi connectivity index (χ4n) is 6.41. The predicted octanol–water partition coefficient (Wildman–Crippen LogP) is 3.19. The van der Waals surface area contributed by atoms with Crippen LogP contribution in [0.1, 0.15) is 69.9 Å². The number of carboxylic acid groups (broad SMARTS) is 2. The maximum atomic E-state index is 14.6. The first kappa shape index (κ1) is 41.2. The molecule has 0 radical (unpaired) electrons. The van der Waals surface area contributed by atoms with Gasteiger partial charge in [-0.25, -0.2) is 4.79 Å². The largest absolute Gasteiger partial charge is 0.480 e. The number of carbonyl (C=O) groups is 4. The molecule has 2 aliphatic rings. The van der Waals surface area contributed by atoms with Gasteiger partial charge in [-0.2, -0.15) is 0 Å². The van der Waals surface area contributed by atoms with Crippen LogP contribution in [0.2, 0.25) is 0 Å². The molecule has 15 heteroatoms. The van der Waals surface area contributed by atoms with Gasteiger partial charge in [-0.15, -0.1) is 0 Å². The SMILES string of the molecule is CCC(C)[C@H](NP(=O)(Cc1ccccc1)Cc1ccccc1)C(=O)N1CCC[C@H]1C(=O)N1CCC[C@H]1C(=O)O.NC(N)=NCCC[C@H](N)C(=O)O. The molecule has 2 heterocycles. The van der Waals surface area contributed by atoms with Gasteiger partial charge in [-0.1, -0.05) is 80.9 Å². The monoisotopic (exact) mass is 727 g/mol. The summed E-state index contributed by atoms with van der Waals surface area (Å²) in [7, 11) is -3.14. The minimum atomic E-state index is -3.14. The van der Waals surface area contributed by atoms with Gasteiger partial charge < -0.3 is 41.8 Å². The number of guanidine groups is 1. The number of hydrogen-bond acceptors (Lipinski definition) is 7. The number of carbonyl (C=O) groups excluding carboxylic acids is 2. The molecule has 0 aliphatic carbocycles. The van der Waals surface area contributed by atoms with Crippen LogP contribution in [-0.2, 0) is 36.1 Å². The molecule has 2 aliphatic heterocycles. The average molecular weight is 728 g/mol. The molecule has 2 aromatic rings. The fourth-order valence-corrected chi connectivity index (χ4v) is 9.17. The van der Waals surface area contributed by atoms with Crippen LogP contribution in [0.15, 0.2) is 65.7 Å². The summed E-state index contributed by atoms with van der Waals surface area (Å²) < 4.78 is 14.6. The molecule has 51 heavy (non-hydrogen) atoms. The molecule has 5 atom stereocenters. The van der Waals surface area contributed by atoms with E-state index in [0.29, 0.717) is 76.9 Å². The Morgan fingerprint density at radius 2 is 1.43 bits per heavy atom. The first-order chi connectivity index (χ1) is 24.3. The highest BCUT2D eigenvalue weighted by atomic mass is 31.2. The van der Waals surface area contributed by atoms with Gasteiger partial charge in [0.2, 0.25) is 11.8 Å². The van der Waals surface area contributed by atoms with E-state index in [-0.39, 0.29) is 23.7 Å². The molecular weight excluding hydrogens is 673 g/mol. The second kappa shape index (κ2) is 20.0. The third-order valence-electron chi connectivity index (χ3n) is 9.34. The number of likely N-dealkylation sites (tertiary alicyclic amines) is 2. The number of amides is 2. The van der Waals surface area contributed by atoms with Crippen LogP contribution < -0.4 is 22.3 Å². The summed E-state index contributed by atoms with van der Waals surface area (Å²) in [6.45, 7) is 5.21. The second-order valence-electron chi connectivity index (χ2n) is 13.3. The van der Waals surface area contributed by atoms with Crippen molar-refractivity contribution in [2.75, 3.05) is 19.6 Å². The highest BCUT2D eigenvalue weighted by Gasteiger charge is 2.45. The van der Waals surface area contributed by atoms with Gasteiger partial charge >= 0.3 is 11.9 Å². The Morgan fingerprint density at radius 1 is 0.902 bits per heavy atom. The average Bonchev–Trinajstić information content (AvgIpc) is 3.80. The molecule has 2 fully saturated rings. The van der Waals surface area contributed by atoms with Crippen molar-refractivity contribution in [1.82, 2.24) is 14.9 Å². The van der Waals surface area contributed by atoms with E-state index in [2.05, 4.69) is 10.1 Å². The molecule has 2 aromatic carbocycles. The molecule has 2 amide bonds. The van der Waals surface area contributed by atoms with Crippen molar-refractivity contribution in [2.24, 2.45) is 28.1 Å². The second-order valence-corrected chi connectivity index (χ2v) is 15.9. The van der Waals surface area contributed by atoms with Crippen LogP contribution in [0.3, 0.4) is 0 Å². The highest BCUT2D eigenvalue weighted by molar-refractivity contribution is 7.60. The molecule has 0 saturated carbocycles. The van der Waals surface area contributed by atoms with Crippen molar-refractivity contribution < 1.29 is 34.0 Å². The number of nitrogens with zero attached hydrogens (tertiary/aromatic N) is 3. The summed E-state index contributed by atoms with van der Waals surface area (Å²) in [6, 6.07) is 16.2. The first-order valence-electron chi connectivity index (χ1n) is 17.6. The van der Waals surface area contributed by atoms with E-state index in [4.69, 9.17) is 22.3 Å². The van der Waals surface area contributed by atoms with Crippen LogP contribution in [0.25, 0.3) is 0 Å². The summed E-state index contributed by atoms with van der Waals surface area (Å²) in [5.74, 6) is -2.62. The Hall–Kier alpha value is -4.26. The van der Waals surface area contributed by atoms with Gasteiger partial charge in [-0.3, -0.25) is 24.5 Å². The van der Waals surface area contributed by atoms with Crippen LogP contribution >= 0.6 is 7.29 Å². The zero-order chi connectivity index (χ0) is 37.6. The van der Waals surface area contributed by atoms with E-state index >= 15 is 0 Å². The van der Waals surface area contributed by atoms with Gasteiger partial charge in [0.25, 0.3) is 0 Å². The Bertz CT molecular complexity index is 1480. The maximum absolute atomic E-state index is 14.6. The number of hydrogen-bond donors (Lipinski definition) is 6. The lowest BCUT2D eigenvalue weighted by Gasteiger charge is -2.35. The fraction of sp³-hybridized carbons (Fsp3) is 0.528. The summed E-state index contributed by atoms with van der Waals surface area (Å²) in [6.07, 6.45) is 4.51. The minimum absolute atomic E-state index is 0.0129. The molecule has 2 saturated heterocycles. The Morgan fingerprint density at radius 3 is 1.92 bits per heavy atom. The standard InChI is InChI=1S/C30H40N3O5P.C6H14N4O2/c1-3-22(2)27(29(35)32-18-10-16-25(32)28(34)33-19-11-17-26(33)30(36)37)31-39(38,20-23-12-6-4-7-13-23)21-24-14-8-5-9-15-24;7-4(5(11)12)2-1-3-10-6(8)9/h4-9,12-15,22,25-27H,3,10-11,16-21H2,1-2H3,(H,31,38)(H,36,37);4H,1-3,7H2,(H,11,12)(H4,8,9,10)/t22?,25-,26-,27-;4-/m00/s1. The minimum Gasteiger partial charge on any atom is -0.480 e. The lowest BCUT2D eigenvalue weighted by atomic mass is 9.98. The summed E-state index contributed by atoms with van der Waals surface area (Å²) >= 11 is 0. The molecule has 4 rings (SSSR count). The van der Waals surface area contributed by atoms with Crippen molar-refractivity contribution in [3.63, 3.8) is 0 Å². The zero-order valence-corrected chi connectivity index (χ0v) is 30.5. The number of aliphatic carboxylic acids is 2. The summed E-state index contributed by atoms with van der Waals surface area (Å²) in [4.78, 5) is 56.3. The van der Waals surface area contributed by atoms with Crippen molar-refractivity contribution in [3.05, 3.63) is 71.8 Å². The highest BCUT2D eigenvalue weighted by Crippen LogP contribution is 2.49. The third-order valence-corrected chi connectivity index (χ3v) is 11.8. The zero-order valence-electron chi connectivity index (χ0n) is 29.6. The molecule has 0 spiro atoms. The van der Waals surface area contributed by atoms with Crippen LogP contribution in [-0.4, -0.2) is 93.5 Å². The lowest BCUT2D eigenvalue weighted by Crippen LogP contribution is -2.55. The quantitative estimate of drug-likeness (QED) is 0.0636. The van der Waals surface area contributed by atoms with Crippen LogP contribution in [0.5, 0.6) is 0 Å². The molecule has 14 nitrogen and oxygen atoms in total. The first-order valence-corrected chi connectivity index (χ1v) is 19.6. The molecule has 280 valence electrons. The van der Waals surface area contributed by atoms with Crippen LogP contribution in [0.4, 0.5) is 0 Å². The summed E-state index contributed by atoms with van der Waals surface area (Å²) in [5.41, 5.74) is 17.2. The Balaban J connectivity index is 0.000000501. The van der Waals surface area contributed by atoms with Gasteiger partial charge in [0, 0.05) is 32.0 Å². The Kier molecular flexibility index (Phi) is 16.1. The Labute approximate surface area is 300 Å². The topological polar surface area (TPSA) is 235 Å². The number of benzene rings is 2. The normalized spacial score (nSPS) is 19.0. The number of carboxylic acids is 2. The maximum Gasteiger partial charge on any atom is 0.326 e. The third kappa shape index (κ3) is 12.5. The van der Waals surface area contributed by atoms with Crippen molar-refractivity contribution >= 4 is 37.0 Å². The van der Waals surface area contributed by atoms with Gasteiger partial charge in [0.15, 0.2) is 13.3 Å². The van der Waals surface area contributed by atoms with E-state index < -0.39 is 43.4 Å². The molecule has 9 N–H and O–H groups in total. The predicted molar refractivity (Wildman–Crippen MR) is 197 cm³/mol. The van der Waals surface area contributed by atoms with Gasteiger partial charge in [-0.05, 0) is 55.6 Å². The number of nitrogens with two attached hydrogens (primary N) is 3. The van der Waals surface area contributed by atoms with Crippen LogP contribution in [0, 0.1) is 5.92 Å². The smallest absolute Gasteiger partial charge is 0.326 e.